The van der Waals surface area contributed by atoms with Crippen molar-refractivity contribution in [2.24, 2.45) is 16.8 Å². The van der Waals surface area contributed by atoms with Crippen LogP contribution in [0.2, 0.25) is 0 Å². The Bertz CT molecular complexity index is 843. The number of aldehydes is 1. The molecule has 0 N–H and O–H groups in total. The first-order chi connectivity index (χ1) is 28.9. The van der Waals surface area contributed by atoms with E-state index in [4.69, 9.17) is 4.74 Å². The predicted molar refractivity (Wildman–Crippen MR) is 265 cm³/mol. The van der Waals surface area contributed by atoms with E-state index in [0.29, 0.717) is 18.6 Å². The lowest BCUT2D eigenvalue weighted by atomic mass is 9.92. The number of aliphatic imine (C=N–C) groups is 1. The van der Waals surface area contributed by atoms with Gasteiger partial charge in [-0.15, -0.1) is 0 Å². The number of unbranched alkanes of at least 4 members (excludes halogenated alkanes) is 22. The molecule has 0 aromatic rings. The van der Waals surface area contributed by atoms with Gasteiger partial charge in [0.2, 0.25) is 0 Å². The Balaban J connectivity index is -0.000000814. The second-order valence-electron chi connectivity index (χ2n) is 17.7. The molecule has 0 aromatic carbocycles. The van der Waals surface area contributed by atoms with Crippen LogP contribution in [0.25, 0.3) is 0 Å². The SMILES string of the molecule is C/C=C\N=CCCCN(CCCCCC=O)CCCCCC(C)=O.CCCCCCCCC(CC)CCCCCC.CCCCCCCCC(CCCCCC)COC. The van der Waals surface area contributed by atoms with Crippen LogP contribution in [0, 0.1) is 11.8 Å². The number of hydrogen-bond donors (Lipinski definition) is 0. The molecule has 0 spiro atoms. The number of nitrogens with zero attached hydrogens (tertiary/aromatic N) is 2. The summed E-state index contributed by atoms with van der Waals surface area (Å²) >= 11 is 0. The molecule has 0 aliphatic carbocycles. The Morgan fingerprint density at radius 2 is 0.966 bits per heavy atom. The van der Waals surface area contributed by atoms with Gasteiger partial charge in [0.05, 0.1) is 0 Å². The first-order valence-corrected chi connectivity index (χ1v) is 26.2. The molecule has 0 fully saturated rings. The summed E-state index contributed by atoms with van der Waals surface area (Å²) in [6.45, 7) is 19.5. The Labute approximate surface area is 371 Å². The number of ether oxygens (including phenoxy) is 1. The molecule has 0 rings (SSSR count). The Morgan fingerprint density at radius 1 is 0.542 bits per heavy atom. The number of ketones is 1. The van der Waals surface area contributed by atoms with Crippen molar-refractivity contribution in [2.75, 3.05) is 33.4 Å². The highest BCUT2D eigenvalue weighted by molar-refractivity contribution is 5.75. The highest BCUT2D eigenvalue weighted by atomic mass is 16.5. The molecular formula is C54H108N2O3. The van der Waals surface area contributed by atoms with Crippen LogP contribution in [0.1, 0.15) is 273 Å². The second kappa shape index (κ2) is 56.7. The molecule has 0 radical (unpaired) electrons. The maximum Gasteiger partial charge on any atom is 0.129 e. The molecule has 2 atom stereocenters. The van der Waals surface area contributed by atoms with Gasteiger partial charge in [-0.05, 0) is 96.7 Å². The third-order valence-electron chi connectivity index (χ3n) is 11.8. The number of allylic oxidation sites excluding steroid dienone is 1. The number of Topliss-reactive ketones (excluding diaryl/α,β-unsaturated/α-hetero) is 1. The average Bonchev–Trinajstić information content (AvgIpc) is 3.23. The summed E-state index contributed by atoms with van der Waals surface area (Å²) < 4.78 is 5.36. The molecule has 0 saturated heterocycles. The van der Waals surface area contributed by atoms with Crippen LogP contribution in [0.15, 0.2) is 17.3 Å². The van der Waals surface area contributed by atoms with Gasteiger partial charge >= 0.3 is 0 Å². The van der Waals surface area contributed by atoms with Crippen molar-refractivity contribution in [3.8, 4) is 0 Å². The zero-order valence-electron chi connectivity index (χ0n) is 41.7. The fourth-order valence-corrected chi connectivity index (χ4v) is 7.83. The Morgan fingerprint density at radius 3 is 1.41 bits per heavy atom. The van der Waals surface area contributed by atoms with Crippen LogP contribution in [-0.2, 0) is 14.3 Å². The van der Waals surface area contributed by atoms with Gasteiger partial charge in [-0.25, -0.2) is 0 Å². The monoisotopic (exact) mass is 833 g/mol. The summed E-state index contributed by atoms with van der Waals surface area (Å²) in [5, 5.41) is 0. The van der Waals surface area contributed by atoms with Crippen molar-refractivity contribution in [1.82, 2.24) is 4.90 Å². The van der Waals surface area contributed by atoms with Crippen molar-refractivity contribution >= 4 is 18.3 Å². The van der Waals surface area contributed by atoms with Gasteiger partial charge in [-0.2, -0.15) is 0 Å². The summed E-state index contributed by atoms with van der Waals surface area (Å²) in [7, 11) is 1.85. The van der Waals surface area contributed by atoms with Gasteiger partial charge in [-0.1, -0.05) is 201 Å². The Kier molecular flexibility index (Phi) is 59.5. The van der Waals surface area contributed by atoms with Crippen molar-refractivity contribution in [3.05, 3.63) is 12.3 Å². The lowest BCUT2D eigenvalue weighted by Gasteiger charge is -2.22. The van der Waals surface area contributed by atoms with Gasteiger partial charge < -0.3 is 19.2 Å². The minimum atomic E-state index is 0.294. The highest BCUT2D eigenvalue weighted by Gasteiger charge is 2.09. The van der Waals surface area contributed by atoms with E-state index in [1.54, 1.807) is 6.92 Å². The molecule has 0 saturated carbocycles. The fourth-order valence-electron chi connectivity index (χ4n) is 7.83. The predicted octanol–water partition coefficient (Wildman–Crippen LogP) is 17.3. The summed E-state index contributed by atoms with van der Waals surface area (Å²) in [5.74, 6) is 2.14. The van der Waals surface area contributed by atoms with Gasteiger partial charge in [0.1, 0.15) is 12.1 Å². The van der Waals surface area contributed by atoms with E-state index >= 15 is 0 Å². The first kappa shape index (κ1) is 62.0. The number of hydrogen-bond acceptors (Lipinski definition) is 5. The van der Waals surface area contributed by atoms with E-state index in [2.05, 4.69) is 44.5 Å². The zero-order chi connectivity index (χ0) is 44.1. The molecule has 0 aliphatic rings. The van der Waals surface area contributed by atoms with E-state index in [0.717, 1.165) is 95.7 Å². The molecule has 0 aliphatic heterocycles. The number of methoxy groups -OCH3 is 1. The lowest BCUT2D eigenvalue weighted by Crippen LogP contribution is -2.27. The van der Waals surface area contributed by atoms with Gasteiger partial charge in [0, 0.05) is 39.0 Å². The van der Waals surface area contributed by atoms with E-state index in [1.807, 2.05) is 32.5 Å². The quantitative estimate of drug-likeness (QED) is 0.0349. The third kappa shape index (κ3) is 56.7. The van der Waals surface area contributed by atoms with E-state index < -0.39 is 0 Å². The number of rotatable bonds is 44. The van der Waals surface area contributed by atoms with Crippen molar-refractivity contribution in [2.45, 2.75) is 273 Å². The topological polar surface area (TPSA) is 59.0 Å². The molecule has 0 bridgehead atoms. The molecular weight excluding hydrogens is 725 g/mol. The number of carbonyl (C=O) groups excluding carboxylic acids is 2. The number of carbonyl (C=O) groups is 2. The maximum absolute atomic E-state index is 11.0. The minimum absolute atomic E-state index is 0.294. The molecule has 0 aromatic heterocycles. The smallest absolute Gasteiger partial charge is 0.129 e. The van der Waals surface area contributed by atoms with Crippen LogP contribution in [0.3, 0.4) is 0 Å². The molecule has 5 heteroatoms. The van der Waals surface area contributed by atoms with E-state index in [-0.39, 0.29) is 0 Å². The summed E-state index contributed by atoms with van der Waals surface area (Å²) in [4.78, 5) is 28.0. The summed E-state index contributed by atoms with van der Waals surface area (Å²) in [5.41, 5.74) is 0. The minimum Gasteiger partial charge on any atom is -0.384 e. The van der Waals surface area contributed by atoms with E-state index in [9.17, 15) is 9.59 Å². The largest absolute Gasteiger partial charge is 0.384 e. The zero-order valence-corrected chi connectivity index (χ0v) is 41.7. The normalized spacial score (nSPS) is 12.4. The molecule has 5 nitrogen and oxygen atoms in total. The van der Waals surface area contributed by atoms with Crippen LogP contribution in [0.4, 0.5) is 0 Å². The molecule has 0 amide bonds. The molecule has 352 valence electrons. The second-order valence-corrected chi connectivity index (χ2v) is 17.7. The van der Waals surface area contributed by atoms with E-state index in [1.165, 1.54) is 161 Å². The third-order valence-corrected chi connectivity index (χ3v) is 11.8. The molecule has 0 heterocycles. The first-order valence-electron chi connectivity index (χ1n) is 26.2. The standard InChI is InChI=1S/C20H36N2O2.C17H36O.C17H36/c1-3-14-21-15-8-11-18-22(16-9-4-5-12-19-23)17-10-6-7-13-20(2)24;1-4-6-8-10-11-13-15-17(16-18-3)14-12-9-7-5-2;1-4-7-9-11-12-14-16-17(6-3)15-13-10-8-5-2/h3,14-15,19H,4-13,16-18H2,1-2H3;17H,4-16H2,1-3H3;17H,4-16H2,1-3H3/b14-3-,21-15?;;. The van der Waals surface area contributed by atoms with Crippen LogP contribution < -0.4 is 0 Å². The fraction of sp³-hybridized carbons (Fsp3) is 0.907. The van der Waals surface area contributed by atoms with Crippen molar-refractivity contribution in [1.29, 1.82) is 0 Å². The van der Waals surface area contributed by atoms with Crippen LogP contribution in [-0.4, -0.2) is 56.5 Å². The molecule has 2 unspecified atom stereocenters. The van der Waals surface area contributed by atoms with Crippen molar-refractivity contribution in [3.63, 3.8) is 0 Å². The van der Waals surface area contributed by atoms with Gasteiger partial charge in [0.15, 0.2) is 0 Å². The van der Waals surface area contributed by atoms with Gasteiger partial charge in [0.25, 0.3) is 0 Å². The molecule has 59 heavy (non-hydrogen) atoms. The van der Waals surface area contributed by atoms with Crippen molar-refractivity contribution < 1.29 is 14.3 Å². The highest BCUT2D eigenvalue weighted by Crippen LogP contribution is 2.22. The summed E-state index contributed by atoms with van der Waals surface area (Å²) in [6.07, 6.45) is 52.5. The lowest BCUT2D eigenvalue weighted by molar-refractivity contribution is -0.117. The maximum atomic E-state index is 11.0. The Hall–Kier alpha value is -1.33. The van der Waals surface area contributed by atoms with Gasteiger partial charge in [-0.3, -0.25) is 4.99 Å². The summed E-state index contributed by atoms with van der Waals surface area (Å²) in [6, 6.07) is 0. The average molecular weight is 833 g/mol. The van der Waals surface area contributed by atoms with Crippen LogP contribution in [0.5, 0.6) is 0 Å². The van der Waals surface area contributed by atoms with Crippen LogP contribution >= 0.6 is 0 Å².